The van der Waals surface area contributed by atoms with Gasteiger partial charge in [0.15, 0.2) is 17.5 Å². The normalized spacial score (nSPS) is 10.6. The molecule has 0 unspecified atom stereocenters. The number of benzene rings is 2. The number of aromatic nitrogens is 2. The number of hydrogen-bond donors (Lipinski definition) is 2. The maximum atomic E-state index is 13.7. The van der Waals surface area contributed by atoms with Crippen LogP contribution in [0.5, 0.6) is 0 Å². The highest BCUT2D eigenvalue weighted by atomic mass is 19.2. The van der Waals surface area contributed by atoms with Gasteiger partial charge in [0.1, 0.15) is 23.7 Å². The van der Waals surface area contributed by atoms with E-state index in [1.165, 1.54) is 12.1 Å². The molecule has 0 saturated carbocycles. The van der Waals surface area contributed by atoms with Crippen molar-refractivity contribution in [3.05, 3.63) is 83.3 Å². The molecule has 1 heterocycles. The number of halogens is 4. The second-order valence-electron chi connectivity index (χ2n) is 5.73. The maximum Gasteiger partial charge on any atom is 0.270 e. The Hall–Kier alpha value is -3.49. The summed E-state index contributed by atoms with van der Waals surface area (Å²) in [6, 6.07) is 9.20. The lowest BCUT2D eigenvalue weighted by molar-refractivity contribution is 0.0949. The summed E-state index contributed by atoms with van der Waals surface area (Å²) in [5, 5.41) is 5.05. The highest BCUT2D eigenvalue weighted by Gasteiger charge is 2.15. The predicted molar refractivity (Wildman–Crippen MR) is 94.1 cm³/mol. The number of anilines is 2. The van der Waals surface area contributed by atoms with Gasteiger partial charge in [-0.25, -0.2) is 27.5 Å². The summed E-state index contributed by atoms with van der Waals surface area (Å²) in [7, 11) is 0. The zero-order valence-electron chi connectivity index (χ0n) is 14.3. The summed E-state index contributed by atoms with van der Waals surface area (Å²) in [5.41, 5.74) is 0.0826. The molecule has 0 spiro atoms. The molecule has 2 N–H and O–H groups in total. The molecule has 144 valence electrons. The monoisotopic (exact) mass is 390 g/mol. The summed E-state index contributed by atoms with van der Waals surface area (Å²) < 4.78 is 53.6. The second kappa shape index (κ2) is 8.47. The Morgan fingerprint density at radius 2 is 1.71 bits per heavy atom. The molecule has 0 saturated heterocycles. The van der Waals surface area contributed by atoms with E-state index in [4.69, 9.17) is 0 Å². The molecule has 3 rings (SSSR count). The van der Waals surface area contributed by atoms with E-state index in [9.17, 15) is 22.4 Å². The maximum absolute atomic E-state index is 13.7. The van der Waals surface area contributed by atoms with E-state index in [-0.39, 0.29) is 36.0 Å². The van der Waals surface area contributed by atoms with Crippen molar-refractivity contribution < 1.29 is 22.4 Å². The highest BCUT2D eigenvalue weighted by Crippen LogP contribution is 2.22. The van der Waals surface area contributed by atoms with Crippen LogP contribution in [0.1, 0.15) is 16.1 Å². The van der Waals surface area contributed by atoms with Crippen molar-refractivity contribution in [1.82, 2.24) is 15.3 Å². The number of nitrogens with one attached hydrogen (secondary N) is 2. The van der Waals surface area contributed by atoms with Crippen LogP contribution < -0.4 is 10.6 Å². The number of carbonyl (C=O) groups is 1. The van der Waals surface area contributed by atoms with Gasteiger partial charge in [-0.3, -0.25) is 4.79 Å². The first-order valence-electron chi connectivity index (χ1n) is 8.20. The van der Waals surface area contributed by atoms with Crippen LogP contribution in [0, 0.1) is 23.3 Å². The van der Waals surface area contributed by atoms with E-state index in [1.54, 1.807) is 18.2 Å². The molecular weight excluding hydrogens is 376 g/mol. The number of hydrogen-bond acceptors (Lipinski definition) is 4. The fourth-order valence-corrected chi connectivity index (χ4v) is 2.41. The summed E-state index contributed by atoms with van der Waals surface area (Å²) in [6.45, 7) is 0.171. The van der Waals surface area contributed by atoms with E-state index in [2.05, 4.69) is 20.6 Å². The number of rotatable bonds is 6. The third kappa shape index (κ3) is 4.43. The van der Waals surface area contributed by atoms with Gasteiger partial charge in [0.2, 0.25) is 0 Å². The summed E-state index contributed by atoms with van der Waals surface area (Å²) in [6.07, 6.45) is 1.35. The van der Waals surface area contributed by atoms with Crippen molar-refractivity contribution in [1.29, 1.82) is 0 Å². The Morgan fingerprint density at radius 1 is 0.929 bits per heavy atom. The minimum atomic E-state index is -1.62. The molecule has 1 amide bonds. The van der Waals surface area contributed by atoms with Crippen molar-refractivity contribution in [2.45, 2.75) is 6.42 Å². The lowest BCUT2D eigenvalue weighted by atomic mass is 10.1. The van der Waals surface area contributed by atoms with E-state index in [0.29, 0.717) is 5.56 Å². The molecule has 0 atom stereocenters. The van der Waals surface area contributed by atoms with E-state index in [1.807, 2.05) is 0 Å². The van der Waals surface area contributed by atoms with Gasteiger partial charge >= 0.3 is 0 Å². The third-order valence-corrected chi connectivity index (χ3v) is 3.84. The first-order valence-corrected chi connectivity index (χ1v) is 8.20. The first kappa shape index (κ1) is 19.3. The van der Waals surface area contributed by atoms with E-state index in [0.717, 1.165) is 18.5 Å². The zero-order valence-corrected chi connectivity index (χ0v) is 14.3. The van der Waals surface area contributed by atoms with Crippen LogP contribution >= 0.6 is 0 Å². The quantitative estimate of drug-likeness (QED) is 0.497. The van der Waals surface area contributed by atoms with Gasteiger partial charge < -0.3 is 10.6 Å². The van der Waals surface area contributed by atoms with Gasteiger partial charge in [-0.05, 0) is 30.2 Å². The average molecular weight is 390 g/mol. The molecule has 0 radical (unpaired) electrons. The molecule has 5 nitrogen and oxygen atoms in total. The molecule has 28 heavy (non-hydrogen) atoms. The van der Waals surface area contributed by atoms with E-state index >= 15 is 0 Å². The average Bonchev–Trinajstić information content (AvgIpc) is 2.70. The Kier molecular flexibility index (Phi) is 5.83. The molecule has 0 aliphatic heterocycles. The van der Waals surface area contributed by atoms with Gasteiger partial charge in [0.25, 0.3) is 5.91 Å². The molecular formula is C19H14F4N4O. The first-order chi connectivity index (χ1) is 13.5. The van der Waals surface area contributed by atoms with Crippen molar-refractivity contribution in [2.24, 2.45) is 0 Å². The minimum Gasteiger partial charge on any atom is -0.350 e. The van der Waals surface area contributed by atoms with Crippen LogP contribution in [-0.4, -0.2) is 22.4 Å². The molecule has 1 aromatic heterocycles. The second-order valence-corrected chi connectivity index (χ2v) is 5.73. The van der Waals surface area contributed by atoms with Crippen LogP contribution in [0.4, 0.5) is 29.1 Å². The number of carbonyl (C=O) groups excluding carboxylic acids is 1. The summed E-state index contributed by atoms with van der Waals surface area (Å²) >= 11 is 0. The van der Waals surface area contributed by atoms with Crippen molar-refractivity contribution in [3.63, 3.8) is 0 Å². The van der Waals surface area contributed by atoms with Crippen molar-refractivity contribution in [3.8, 4) is 0 Å². The molecule has 0 aliphatic carbocycles. The van der Waals surface area contributed by atoms with Crippen molar-refractivity contribution in [2.75, 3.05) is 11.9 Å². The van der Waals surface area contributed by atoms with Gasteiger partial charge in [-0.1, -0.05) is 18.2 Å². The molecule has 0 fully saturated rings. The molecule has 3 aromatic rings. The zero-order chi connectivity index (χ0) is 20.1. The lowest BCUT2D eigenvalue weighted by Crippen LogP contribution is -2.26. The van der Waals surface area contributed by atoms with Crippen molar-refractivity contribution >= 4 is 17.4 Å². The summed E-state index contributed by atoms with van der Waals surface area (Å²) in [5.74, 6) is -5.24. The van der Waals surface area contributed by atoms with Crippen LogP contribution in [0.15, 0.2) is 48.8 Å². The number of nitrogens with zero attached hydrogens (tertiary/aromatic N) is 2. The predicted octanol–water partition coefficient (Wildman–Crippen LogP) is 3.75. The van der Waals surface area contributed by atoms with E-state index < -0.39 is 23.4 Å². The molecule has 9 heteroatoms. The van der Waals surface area contributed by atoms with Gasteiger partial charge in [-0.2, -0.15) is 0 Å². The van der Waals surface area contributed by atoms with Gasteiger partial charge in [0.05, 0.1) is 5.69 Å². The van der Waals surface area contributed by atoms with Crippen LogP contribution in [0.2, 0.25) is 0 Å². The lowest BCUT2D eigenvalue weighted by Gasteiger charge is -2.09. The van der Waals surface area contributed by atoms with Gasteiger partial charge in [0, 0.05) is 12.6 Å². The number of amides is 1. The third-order valence-electron chi connectivity index (χ3n) is 3.84. The smallest absolute Gasteiger partial charge is 0.270 e. The topological polar surface area (TPSA) is 66.9 Å². The fraction of sp³-hybridized carbons (Fsp3) is 0.105. The minimum absolute atomic E-state index is 0.0131. The fourth-order valence-electron chi connectivity index (χ4n) is 2.41. The molecule has 0 bridgehead atoms. The Bertz CT molecular complexity index is 1010. The largest absolute Gasteiger partial charge is 0.350 e. The van der Waals surface area contributed by atoms with Gasteiger partial charge in [-0.15, -0.1) is 0 Å². The van der Waals surface area contributed by atoms with Crippen LogP contribution in [-0.2, 0) is 6.42 Å². The molecule has 2 aromatic carbocycles. The standard InChI is InChI=1S/C19H14F4N4O/c20-12-4-2-1-3-11(12)7-8-24-19(28)15-9-16(26-10-25-15)27-14-6-5-13(21)17(22)18(14)23/h1-6,9-10H,7-8H2,(H,24,28)(H,25,26,27). The summed E-state index contributed by atoms with van der Waals surface area (Å²) in [4.78, 5) is 19.8. The van der Waals surface area contributed by atoms with Crippen LogP contribution in [0.3, 0.4) is 0 Å². The highest BCUT2D eigenvalue weighted by molar-refractivity contribution is 5.92. The SMILES string of the molecule is O=C(NCCc1ccccc1F)c1cc(Nc2ccc(F)c(F)c2F)ncn1. The Morgan fingerprint density at radius 3 is 2.50 bits per heavy atom. The Labute approximate surface area is 157 Å². The van der Waals surface area contributed by atoms with Crippen LogP contribution in [0.25, 0.3) is 0 Å². The Balaban J connectivity index is 1.65. The molecule has 0 aliphatic rings.